The van der Waals surface area contributed by atoms with Crippen molar-refractivity contribution in [2.24, 2.45) is 4.99 Å². The minimum atomic E-state index is -1.30. The number of allylic oxidation sites excluding steroid dienone is 2. The number of Topliss-reactive ketones (excluding diaryl/α,β-unsaturated/α-hetero) is 1. The van der Waals surface area contributed by atoms with Gasteiger partial charge in [-0.25, -0.2) is 10.2 Å². The minimum Gasteiger partial charge on any atom is -0.355 e. The SMILES string of the molecule is O=C1C(c2ccc3cccc4c3c2NC2(N4)c3ccccc3-c3ccc([N+](=O)[O-])cc32)=C(OO)/C1=c1/ccc2cccc3c2c1NC1(N=3)c2ccccc2-c2ccc([N+](=O)[O-])cc21. The lowest BCUT2D eigenvalue weighted by molar-refractivity contribution is -0.385. The highest BCUT2D eigenvalue weighted by atomic mass is 17.1. The molecule has 13 rings (SSSR count). The van der Waals surface area contributed by atoms with E-state index in [9.17, 15) is 25.5 Å². The standard InChI is InChI=1S/C50H28N6O7/c57-47-43(33-19-15-25-7-5-13-39-41(25)45(33)53-49(51-39)35-11-3-1-9-29(35)31-21-17-27(55(58)59)23-37(31)49)48(63-62)44(47)34-20-16-26-8-6-14-40-42(26)46(34)54-50(52-40)36-12-4-2-10-30(36)32-22-18-28(56(60)61)24-38(32)50/h1-24,51,53-54,62H/b44-34-. The van der Waals surface area contributed by atoms with Crippen LogP contribution in [0.4, 0.5) is 28.4 Å². The number of nitrogens with zero attached hydrogens (tertiary/aromatic N) is 3. The van der Waals surface area contributed by atoms with E-state index in [1.807, 2.05) is 109 Å². The van der Waals surface area contributed by atoms with Gasteiger partial charge in [0.25, 0.3) is 11.4 Å². The molecule has 5 aliphatic rings. The second kappa shape index (κ2) is 12.0. The Labute approximate surface area is 355 Å². The fraction of sp³-hybridized carbons (Fsp3) is 0.0400. The van der Waals surface area contributed by atoms with E-state index in [1.165, 1.54) is 12.1 Å². The van der Waals surface area contributed by atoms with Gasteiger partial charge in [0.2, 0.25) is 5.78 Å². The van der Waals surface area contributed by atoms with Crippen molar-refractivity contribution >= 4 is 66.9 Å². The molecule has 2 unspecified atom stereocenters. The average Bonchev–Trinajstić information content (AvgIpc) is 3.71. The zero-order valence-corrected chi connectivity index (χ0v) is 32.6. The van der Waals surface area contributed by atoms with Crippen LogP contribution in [0.1, 0.15) is 27.8 Å². The van der Waals surface area contributed by atoms with Crippen LogP contribution in [0.2, 0.25) is 0 Å². The molecule has 0 amide bonds. The Hall–Kier alpha value is -8.68. The second-order valence-corrected chi connectivity index (χ2v) is 16.3. The van der Waals surface area contributed by atoms with Crippen LogP contribution in [0.15, 0.2) is 156 Å². The van der Waals surface area contributed by atoms with Crippen LogP contribution in [0.3, 0.4) is 0 Å². The summed E-state index contributed by atoms with van der Waals surface area (Å²) in [7, 11) is 0. The number of nitro groups is 2. The van der Waals surface area contributed by atoms with Gasteiger partial charge in [-0.05, 0) is 57.3 Å². The number of non-ortho nitro benzene ring substituents is 2. The molecule has 0 aromatic heterocycles. The van der Waals surface area contributed by atoms with Gasteiger partial charge in [-0.15, -0.1) is 0 Å². The first-order chi connectivity index (χ1) is 30.7. The number of fused-ring (bicyclic) bond motifs is 10. The van der Waals surface area contributed by atoms with E-state index in [1.54, 1.807) is 24.3 Å². The highest BCUT2D eigenvalue weighted by Gasteiger charge is 2.50. The van der Waals surface area contributed by atoms with E-state index in [0.717, 1.165) is 60.6 Å². The van der Waals surface area contributed by atoms with Gasteiger partial charge >= 0.3 is 0 Å². The quantitative estimate of drug-likeness (QED) is 0.0759. The van der Waals surface area contributed by atoms with Crippen molar-refractivity contribution in [1.82, 2.24) is 0 Å². The Morgan fingerprint density at radius 1 is 0.556 bits per heavy atom. The topological polar surface area (TPSA) is 181 Å². The molecule has 2 heterocycles. The molecule has 0 saturated heterocycles. The number of hydrogen-bond donors (Lipinski definition) is 4. The number of anilines is 3. The zero-order chi connectivity index (χ0) is 42.5. The number of nitro benzene ring substituents is 2. The van der Waals surface area contributed by atoms with Gasteiger partial charge in [-0.1, -0.05) is 97.1 Å². The maximum absolute atomic E-state index is 15.1. The summed E-state index contributed by atoms with van der Waals surface area (Å²) in [5.74, 6) is -0.432. The molecule has 8 aromatic rings. The summed E-state index contributed by atoms with van der Waals surface area (Å²) in [6.07, 6.45) is 0. The highest BCUT2D eigenvalue weighted by Crippen LogP contribution is 2.57. The summed E-state index contributed by atoms with van der Waals surface area (Å²) in [5, 5.41) is 50.5. The van der Waals surface area contributed by atoms with E-state index < -0.39 is 27.0 Å². The van der Waals surface area contributed by atoms with Crippen molar-refractivity contribution in [1.29, 1.82) is 0 Å². The molecule has 0 bridgehead atoms. The van der Waals surface area contributed by atoms with E-state index in [-0.39, 0.29) is 28.3 Å². The third-order valence-electron chi connectivity index (χ3n) is 13.3. The number of hydrogen-bond acceptors (Lipinski definition) is 11. The second-order valence-electron chi connectivity index (χ2n) is 16.3. The molecule has 2 aliphatic heterocycles. The molecule has 13 heteroatoms. The molecule has 0 saturated carbocycles. The summed E-state index contributed by atoms with van der Waals surface area (Å²) < 4.78 is 0. The first-order valence-corrected chi connectivity index (χ1v) is 20.2. The monoisotopic (exact) mass is 824 g/mol. The Bertz CT molecular complexity index is 3710. The molecule has 300 valence electrons. The van der Waals surface area contributed by atoms with Crippen LogP contribution in [-0.4, -0.2) is 20.9 Å². The molecular formula is C50H28N6O7. The van der Waals surface area contributed by atoms with E-state index >= 15 is 4.79 Å². The molecule has 0 radical (unpaired) electrons. The first kappa shape index (κ1) is 35.1. The Morgan fingerprint density at radius 3 is 1.92 bits per heavy atom. The molecule has 3 aliphatic carbocycles. The summed E-state index contributed by atoms with van der Waals surface area (Å²) in [5.41, 5.74) is 6.21. The number of ketones is 1. The molecule has 8 aromatic carbocycles. The van der Waals surface area contributed by atoms with Gasteiger partial charge in [0.15, 0.2) is 17.1 Å². The Morgan fingerprint density at radius 2 is 1.17 bits per heavy atom. The van der Waals surface area contributed by atoms with Gasteiger partial charge in [0.05, 0.1) is 37.7 Å². The zero-order valence-electron chi connectivity index (χ0n) is 32.6. The molecule has 63 heavy (non-hydrogen) atoms. The highest BCUT2D eigenvalue weighted by molar-refractivity contribution is 6.52. The van der Waals surface area contributed by atoms with Gasteiger partial charge in [-0.3, -0.25) is 25.0 Å². The lowest BCUT2D eigenvalue weighted by Crippen LogP contribution is -2.45. The van der Waals surface area contributed by atoms with E-state index in [0.29, 0.717) is 38.6 Å². The molecular weight excluding hydrogens is 797 g/mol. The molecule has 13 nitrogen and oxygen atoms in total. The molecule has 2 atom stereocenters. The van der Waals surface area contributed by atoms with Crippen molar-refractivity contribution in [2.75, 3.05) is 16.0 Å². The normalized spacial score (nSPS) is 19.9. The number of nitrogens with one attached hydrogen (secondary N) is 3. The summed E-state index contributed by atoms with van der Waals surface area (Å²) in [6.45, 7) is 0. The van der Waals surface area contributed by atoms with Crippen molar-refractivity contribution in [3.8, 4) is 22.3 Å². The Kier molecular flexibility index (Phi) is 6.68. The Balaban J connectivity index is 1.04. The lowest BCUT2D eigenvalue weighted by atomic mass is 9.79. The van der Waals surface area contributed by atoms with Gasteiger partial charge in [0, 0.05) is 73.8 Å². The lowest BCUT2D eigenvalue weighted by Gasteiger charge is -2.41. The minimum absolute atomic E-state index is 0.0420. The van der Waals surface area contributed by atoms with Crippen LogP contribution in [-0.2, 0) is 21.0 Å². The number of carbonyl (C=O) groups excluding carboxylic acids is 1. The summed E-state index contributed by atoms with van der Waals surface area (Å²) in [6, 6.07) is 44.1. The van der Waals surface area contributed by atoms with Crippen LogP contribution in [0, 0.1) is 20.2 Å². The fourth-order valence-electron chi connectivity index (χ4n) is 10.7. The predicted octanol–water partition coefficient (Wildman–Crippen LogP) is 9.09. The maximum Gasteiger partial charge on any atom is 0.269 e. The maximum atomic E-state index is 15.1. The largest absolute Gasteiger partial charge is 0.355 e. The van der Waals surface area contributed by atoms with Crippen LogP contribution >= 0.6 is 0 Å². The van der Waals surface area contributed by atoms with Gasteiger partial charge in [0.1, 0.15) is 0 Å². The molecule has 2 spiro atoms. The van der Waals surface area contributed by atoms with Crippen LogP contribution < -0.4 is 26.5 Å². The van der Waals surface area contributed by atoms with Gasteiger partial charge < -0.3 is 20.8 Å². The van der Waals surface area contributed by atoms with E-state index in [4.69, 9.17) is 9.88 Å². The van der Waals surface area contributed by atoms with Crippen molar-refractivity contribution in [2.45, 2.75) is 11.3 Å². The number of rotatable bonds is 4. The van der Waals surface area contributed by atoms with E-state index in [2.05, 4.69) is 16.0 Å². The van der Waals surface area contributed by atoms with Gasteiger partial charge in [-0.2, -0.15) is 0 Å². The van der Waals surface area contributed by atoms with Crippen molar-refractivity contribution < 1.29 is 24.8 Å². The molecule has 0 fully saturated rings. The van der Waals surface area contributed by atoms with Crippen molar-refractivity contribution in [3.63, 3.8) is 0 Å². The third-order valence-corrected chi connectivity index (χ3v) is 13.3. The average molecular weight is 825 g/mol. The van der Waals surface area contributed by atoms with Crippen molar-refractivity contribution in [3.05, 3.63) is 210 Å². The van der Waals surface area contributed by atoms with Crippen LogP contribution in [0.5, 0.6) is 0 Å². The first-order valence-electron chi connectivity index (χ1n) is 20.2. The fourth-order valence-corrected chi connectivity index (χ4v) is 10.7. The van der Waals surface area contributed by atoms with Crippen LogP contribution in [0.25, 0.3) is 54.9 Å². The number of benzene rings is 8. The third kappa shape index (κ3) is 4.37. The summed E-state index contributed by atoms with van der Waals surface area (Å²) in [4.78, 5) is 49.1. The summed E-state index contributed by atoms with van der Waals surface area (Å²) >= 11 is 0. The predicted molar refractivity (Wildman–Crippen MR) is 237 cm³/mol. The smallest absolute Gasteiger partial charge is 0.269 e. The number of carbonyl (C=O) groups is 1. The molecule has 4 N–H and O–H groups in total.